The number of hydrogen-bond acceptors (Lipinski definition) is 1. The summed E-state index contributed by atoms with van der Waals surface area (Å²) < 4.78 is 0. The molecule has 0 bridgehead atoms. The molecule has 1 aliphatic carbocycles. The molecule has 0 heterocycles. The maximum atomic E-state index is 10.9. The highest BCUT2D eigenvalue weighted by atomic mass is 16.3. The minimum absolute atomic E-state index is 0.00250. The summed E-state index contributed by atoms with van der Waals surface area (Å²) in [6, 6.07) is 26.8. The molecular formula is C20H16O. The zero-order valence-corrected chi connectivity index (χ0v) is 11.6. The second-order valence-corrected chi connectivity index (χ2v) is 5.51. The zero-order chi connectivity index (χ0) is 14.2. The maximum absolute atomic E-state index is 10.9. The van der Waals surface area contributed by atoms with Crippen molar-refractivity contribution in [3.63, 3.8) is 0 Å². The highest BCUT2D eigenvalue weighted by Crippen LogP contribution is 2.48. The van der Waals surface area contributed by atoms with Gasteiger partial charge in [0.05, 0.1) is 6.10 Å². The van der Waals surface area contributed by atoms with E-state index in [4.69, 9.17) is 0 Å². The maximum Gasteiger partial charge on any atom is 0.0905 e. The van der Waals surface area contributed by atoms with Gasteiger partial charge in [-0.25, -0.2) is 0 Å². The van der Waals surface area contributed by atoms with Gasteiger partial charge in [0.15, 0.2) is 0 Å². The lowest BCUT2D eigenvalue weighted by atomic mass is 9.74. The van der Waals surface area contributed by atoms with Crippen LogP contribution in [0, 0.1) is 0 Å². The molecule has 1 N–H and O–H groups in total. The van der Waals surface area contributed by atoms with Gasteiger partial charge in [0.2, 0.25) is 0 Å². The zero-order valence-electron chi connectivity index (χ0n) is 11.6. The first kappa shape index (κ1) is 12.4. The van der Waals surface area contributed by atoms with Crippen LogP contribution in [0.3, 0.4) is 0 Å². The van der Waals surface area contributed by atoms with E-state index in [2.05, 4.69) is 42.5 Å². The van der Waals surface area contributed by atoms with Crippen LogP contribution < -0.4 is 0 Å². The van der Waals surface area contributed by atoms with E-state index in [0.717, 1.165) is 16.7 Å². The van der Waals surface area contributed by atoms with Crippen LogP contribution in [-0.4, -0.2) is 5.11 Å². The monoisotopic (exact) mass is 272 g/mol. The van der Waals surface area contributed by atoms with Crippen LogP contribution in [0.25, 0.3) is 11.1 Å². The number of fused-ring (bicyclic) bond motifs is 3. The summed E-state index contributed by atoms with van der Waals surface area (Å²) in [6.45, 7) is 0. The van der Waals surface area contributed by atoms with Crippen LogP contribution in [0.1, 0.15) is 28.7 Å². The fraction of sp³-hybridized carbons (Fsp3) is 0.100. The molecule has 0 saturated carbocycles. The van der Waals surface area contributed by atoms with Crippen molar-refractivity contribution in [1.82, 2.24) is 0 Å². The Hall–Kier alpha value is -2.38. The first-order chi connectivity index (χ1) is 10.4. The molecule has 1 nitrogen and oxygen atoms in total. The SMILES string of the molecule is OC1c2ccccc2-c2ccccc2C1c1ccccc1. The van der Waals surface area contributed by atoms with Crippen molar-refractivity contribution in [2.75, 3.05) is 0 Å². The number of aliphatic hydroxyl groups excluding tert-OH is 1. The van der Waals surface area contributed by atoms with Crippen molar-refractivity contribution < 1.29 is 5.11 Å². The fourth-order valence-corrected chi connectivity index (χ4v) is 3.39. The second-order valence-electron chi connectivity index (χ2n) is 5.51. The normalized spacial score (nSPS) is 19.7. The van der Waals surface area contributed by atoms with Crippen molar-refractivity contribution in [2.24, 2.45) is 0 Å². The molecule has 0 saturated heterocycles. The molecule has 0 aliphatic heterocycles. The van der Waals surface area contributed by atoms with E-state index in [1.165, 1.54) is 11.1 Å². The van der Waals surface area contributed by atoms with Crippen molar-refractivity contribution in [1.29, 1.82) is 0 Å². The first-order valence-corrected chi connectivity index (χ1v) is 7.27. The van der Waals surface area contributed by atoms with Gasteiger partial charge in [-0.3, -0.25) is 0 Å². The third-order valence-corrected chi connectivity index (χ3v) is 4.34. The lowest BCUT2D eigenvalue weighted by Crippen LogP contribution is -2.18. The molecule has 0 amide bonds. The van der Waals surface area contributed by atoms with Crippen molar-refractivity contribution >= 4 is 0 Å². The first-order valence-electron chi connectivity index (χ1n) is 7.27. The van der Waals surface area contributed by atoms with Crippen LogP contribution in [0.5, 0.6) is 0 Å². The van der Waals surface area contributed by atoms with Crippen LogP contribution >= 0.6 is 0 Å². The van der Waals surface area contributed by atoms with E-state index in [-0.39, 0.29) is 5.92 Å². The van der Waals surface area contributed by atoms with Gasteiger partial charge in [-0.1, -0.05) is 78.9 Å². The Kier molecular flexibility index (Phi) is 2.87. The molecule has 0 fully saturated rings. The predicted octanol–water partition coefficient (Wildman–Crippen LogP) is 4.53. The van der Waals surface area contributed by atoms with Gasteiger partial charge in [0.1, 0.15) is 0 Å². The van der Waals surface area contributed by atoms with Crippen LogP contribution in [0.2, 0.25) is 0 Å². The molecule has 2 atom stereocenters. The molecule has 1 heteroatoms. The van der Waals surface area contributed by atoms with Crippen LogP contribution in [0.4, 0.5) is 0 Å². The Morgan fingerprint density at radius 2 is 1.10 bits per heavy atom. The van der Waals surface area contributed by atoms with Gasteiger partial charge in [-0.15, -0.1) is 0 Å². The summed E-state index contributed by atoms with van der Waals surface area (Å²) in [4.78, 5) is 0. The van der Waals surface area contributed by atoms with Crippen LogP contribution in [-0.2, 0) is 0 Å². The minimum Gasteiger partial charge on any atom is -0.387 e. The smallest absolute Gasteiger partial charge is 0.0905 e. The largest absolute Gasteiger partial charge is 0.387 e. The lowest BCUT2D eigenvalue weighted by molar-refractivity contribution is 0.158. The molecule has 3 aromatic carbocycles. The number of hydrogen-bond donors (Lipinski definition) is 1. The molecule has 0 aromatic heterocycles. The van der Waals surface area contributed by atoms with Gasteiger partial charge in [0, 0.05) is 5.92 Å². The van der Waals surface area contributed by atoms with E-state index in [1.807, 2.05) is 36.4 Å². The quantitative estimate of drug-likeness (QED) is 0.690. The molecule has 3 aromatic rings. The van der Waals surface area contributed by atoms with E-state index in [9.17, 15) is 5.11 Å². The Morgan fingerprint density at radius 3 is 1.81 bits per heavy atom. The van der Waals surface area contributed by atoms with Gasteiger partial charge in [0.25, 0.3) is 0 Å². The average molecular weight is 272 g/mol. The number of aliphatic hydroxyl groups is 1. The summed E-state index contributed by atoms with van der Waals surface area (Å²) in [5, 5.41) is 10.9. The summed E-state index contributed by atoms with van der Waals surface area (Å²) in [7, 11) is 0. The average Bonchev–Trinajstić information content (AvgIpc) is 2.56. The van der Waals surface area contributed by atoms with Crippen molar-refractivity contribution in [2.45, 2.75) is 12.0 Å². The predicted molar refractivity (Wildman–Crippen MR) is 85.1 cm³/mol. The van der Waals surface area contributed by atoms with Crippen molar-refractivity contribution in [3.05, 3.63) is 95.6 Å². The summed E-state index contributed by atoms with van der Waals surface area (Å²) >= 11 is 0. The fourth-order valence-electron chi connectivity index (χ4n) is 3.39. The van der Waals surface area contributed by atoms with Gasteiger partial charge >= 0.3 is 0 Å². The summed E-state index contributed by atoms with van der Waals surface area (Å²) in [5.74, 6) is -0.00250. The Labute approximate surface area is 124 Å². The van der Waals surface area contributed by atoms with E-state index < -0.39 is 6.10 Å². The topological polar surface area (TPSA) is 20.2 Å². The van der Waals surface area contributed by atoms with Gasteiger partial charge in [-0.05, 0) is 27.8 Å². The molecular weight excluding hydrogens is 256 g/mol. The van der Waals surface area contributed by atoms with E-state index >= 15 is 0 Å². The van der Waals surface area contributed by atoms with Crippen molar-refractivity contribution in [3.8, 4) is 11.1 Å². The Bertz CT molecular complexity index is 777. The standard InChI is InChI=1S/C20H16O/c21-20-18-13-7-5-11-16(18)15-10-4-6-12-17(15)19(20)14-8-2-1-3-9-14/h1-13,19-21H. The molecule has 0 radical (unpaired) electrons. The highest BCUT2D eigenvalue weighted by Gasteiger charge is 2.32. The molecule has 1 aliphatic rings. The number of rotatable bonds is 1. The number of benzene rings is 3. The Morgan fingerprint density at radius 1 is 0.571 bits per heavy atom. The lowest BCUT2D eigenvalue weighted by Gasteiger charge is -2.32. The van der Waals surface area contributed by atoms with Gasteiger partial charge in [-0.2, -0.15) is 0 Å². The highest BCUT2D eigenvalue weighted by molar-refractivity contribution is 5.75. The Balaban J connectivity index is 1.99. The second kappa shape index (κ2) is 4.87. The third kappa shape index (κ3) is 1.90. The van der Waals surface area contributed by atoms with E-state index in [0.29, 0.717) is 0 Å². The molecule has 2 unspecified atom stereocenters. The minimum atomic E-state index is -0.501. The molecule has 4 rings (SSSR count). The van der Waals surface area contributed by atoms with Gasteiger partial charge < -0.3 is 5.11 Å². The third-order valence-electron chi connectivity index (χ3n) is 4.34. The molecule has 102 valence electrons. The summed E-state index contributed by atoms with van der Waals surface area (Å²) in [6.07, 6.45) is -0.501. The summed E-state index contributed by atoms with van der Waals surface area (Å²) in [5.41, 5.74) is 5.76. The van der Waals surface area contributed by atoms with E-state index in [1.54, 1.807) is 0 Å². The molecule has 21 heavy (non-hydrogen) atoms. The van der Waals surface area contributed by atoms with Crippen LogP contribution in [0.15, 0.2) is 78.9 Å². The molecule has 0 spiro atoms.